The molecule has 24 heavy (non-hydrogen) atoms. The summed E-state index contributed by atoms with van der Waals surface area (Å²) < 4.78 is 5.15. The summed E-state index contributed by atoms with van der Waals surface area (Å²) in [4.78, 5) is 22.7. The minimum Gasteiger partial charge on any atom is -0.495 e. The highest BCUT2D eigenvalue weighted by Gasteiger charge is 2.18. The average Bonchev–Trinajstić information content (AvgIpc) is 2.60. The lowest BCUT2D eigenvalue weighted by atomic mass is 10.2. The van der Waals surface area contributed by atoms with Gasteiger partial charge in [-0.3, -0.25) is 14.9 Å². The number of nitro benzene ring substituents is 1. The molecule has 2 aromatic rings. The summed E-state index contributed by atoms with van der Waals surface area (Å²) >= 11 is 1.49. The molecule has 1 N–H and O–H groups in total. The number of methoxy groups -OCH3 is 1. The van der Waals surface area contributed by atoms with Gasteiger partial charge in [0.05, 0.1) is 23.0 Å². The molecule has 2 rings (SSSR count). The van der Waals surface area contributed by atoms with Crippen LogP contribution in [0.2, 0.25) is 0 Å². The van der Waals surface area contributed by atoms with E-state index in [2.05, 4.69) is 5.32 Å². The number of carbonyl (C=O) groups is 1. The van der Waals surface area contributed by atoms with Crippen LogP contribution in [0.4, 0.5) is 11.4 Å². The minimum atomic E-state index is -0.511. The van der Waals surface area contributed by atoms with Gasteiger partial charge >= 0.3 is 0 Å². The Hall–Kier alpha value is -2.54. The van der Waals surface area contributed by atoms with Crippen LogP contribution in [0, 0.1) is 10.1 Å². The topological polar surface area (TPSA) is 81.5 Å². The number of nitro groups is 1. The molecule has 0 aromatic heterocycles. The summed E-state index contributed by atoms with van der Waals surface area (Å²) in [5.41, 5.74) is 1.33. The molecule has 0 saturated heterocycles. The largest absolute Gasteiger partial charge is 0.495 e. The lowest BCUT2D eigenvalue weighted by Gasteiger charge is -2.14. The van der Waals surface area contributed by atoms with Gasteiger partial charge in [-0.05, 0) is 18.6 Å². The van der Waals surface area contributed by atoms with Crippen LogP contribution in [0.3, 0.4) is 0 Å². The smallest absolute Gasteiger partial charge is 0.271 e. The molecule has 2 aromatic carbocycles. The van der Waals surface area contributed by atoms with Crippen molar-refractivity contribution in [2.45, 2.75) is 17.9 Å². The van der Waals surface area contributed by atoms with Crippen molar-refractivity contribution in [3.05, 3.63) is 64.2 Å². The average molecular weight is 346 g/mol. The maximum absolute atomic E-state index is 12.3. The number of thioether (sulfide) groups is 1. The van der Waals surface area contributed by atoms with Crippen molar-refractivity contribution >= 4 is 29.0 Å². The van der Waals surface area contributed by atoms with E-state index in [0.717, 1.165) is 5.56 Å². The van der Waals surface area contributed by atoms with Crippen molar-refractivity contribution in [1.82, 2.24) is 0 Å². The molecule has 1 unspecified atom stereocenters. The first-order valence-corrected chi connectivity index (χ1v) is 8.35. The van der Waals surface area contributed by atoms with Gasteiger partial charge < -0.3 is 10.1 Å². The molecule has 0 aliphatic heterocycles. The molecule has 1 amide bonds. The first-order chi connectivity index (χ1) is 11.5. The van der Waals surface area contributed by atoms with Crippen molar-refractivity contribution in [3.8, 4) is 5.75 Å². The van der Waals surface area contributed by atoms with E-state index in [1.165, 1.54) is 37.1 Å². The Labute approximate surface area is 144 Å². The molecule has 0 aliphatic rings. The number of non-ortho nitro benzene ring substituents is 1. The number of anilines is 1. The second-order valence-electron chi connectivity index (χ2n) is 5.07. The number of benzene rings is 2. The number of nitrogens with zero attached hydrogens (tertiary/aromatic N) is 1. The van der Waals surface area contributed by atoms with Crippen molar-refractivity contribution in [2.24, 2.45) is 0 Å². The fraction of sp³-hybridized carbons (Fsp3) is 0.235. The number of hydrogen-bond acceptors (Lipinski definition) is 5. The van der Waals surface area contributed by atoms with E-state index in [1.807, 2.05) is 30.3 Å². The highest BCUT2D eigenvalue weighted by molar-refractivity contribution is 7.99. The lowest BCUT2D eigenvalue weighted by Crippen LogP contribution is -2.23. The zero-order chi connectivity index (χ0) is 17.5. The zero-order valence-electron chi connectivity index (χ0n) is 13.4. The third-order valence-electron chi connectivity index (χ3n) is 3.36. The van der Waals surface area contributed by atoms with Gasteiger partial charge in [0.1, 0.15) is 5.75 Å². The Morgan fingerprint density at radius 3 is 2.62 bits per heavy atom. The molecule has 6 nitrogen and oxygen atoms in total. The normalized spacial score (nSPS) is 11.6. The van der Waals surface area contributed by atoms with Gasteiger partial charge in [0.25, 0.3) is 5.69 Å². The maximum Gasteiger partial charge on any atom is 0.271 e. The summed E-state index contributed by atoms with van der Waals surface area (Å²) in [6.45, 7) is 1.80. The molecule has 0 spiro atoms. The molecule has 1 atom stereocenters. The van der Waals surface area contributed by atoms with E-state index < -0.39 is 4.92 Å². The zero-order valence-corrected chi connectivity index (χ0v) is 14.2. The van der Waals surface area contributed by atoms with Crippen LogP contribution in [-0.2, 0) is 10.5 Å². The fourth-order valence-electron chi connectivity index (χ4n) is 2.01. The van der Waals surface area contributed by atoms with Crippen LogP contribution in [0.15, 0.2) is 48.5 Å². The van der Waals surface area contributed by atoms with Crippen LogP contribution in [0.25, 0.3) is 0 Å². The van der Waals surface area contributed by atoms with Crippen LogP contribution < -0.4 is 10.1 Å². The SMILES string of the molecule is COc1ccc([N+](=O)[O-])cc1NC(=O)C(C)SCc1ccccc1. The molecule has 0 saturated carbocycles. The number of rotatable bonds is 7. The monoisotopic (exact) mass is 346 g/mol. The number of nitrogens with one attached hydrogen (secondary N) is 1. The van der Waals surface area contributed by atoms with E-state index in [-0.39, 0.29) is 16.8 Å². The maximum atomic E-state index is 12.3. The van der Waals surface area contributed by atoms with Crippen molar-refractivity contribution in [3.63, 3.8) is 0 Å². The minimum absolute atomic E-state index is 0.101. The second kappa shape index (κ2) is 8.35. The van der Waals surface area contributed by atoms with E-state index in [4.69, 9.17) is 4.74 Å². The first kappa shape index (κ1) is 17.8. The summed E-state index contributed by atoms with van der Waals surface area (Å²) in [5, 5.41) is 13.3. The van der Waals surface area contributed by atoms with Gasteiger partial charge in [-0.15, -0.1) is 11.8 Å². The molecule has 126 valence electrons. The standard InChI is InChI=1S/C17H18N2O4S/c1-12(24-11-13-6-4-3-5-7-13)17(20)18-15-10-14(19(21)22)8-9-16(15)23-2/h3-10,12H,11H2,1-2H3,(H,18,20). The van der Waals surface area contributed by atoms with Gasteiger partial charge in [-0.1, -0.05) is 30.3 Å². The summed E-state index contributed by atoms with van der Waals surface area (Å²) in [6.07, 6.45) is 0. The Morgan fingerprint density at radius 1 is 1.29 bits per heavy atom. The fourth-order valence-corrected chi connectivity index (χ4v) is 2.86. The van der Waals surface area contributed by atoms with Crippen LogP contribution in [0.1, 0.15) is 12.5 Å². The van der Waals surface area contributed by atoms with Crippen LogP contribution in [0.5, 0.6) is 5.75 Å². The quantitative estimate of drug-likeness (QED) is 0.608. The predicted molar refractivity (Wildman–Crippen MR) is 95.5 cm³/mol. The molecule has 7 heteroatoms. The summed E-state index contributed by atoms with van der Waals surface area (Å²) in [6, 6.07) is 14.0. The molecular formula is C17H18N2O4S. The Balaban J connectivity index is 2.02. The van der Waals surface area contributed by atoms with Crippen LogP contribution >= 0.6 is 11.8 Å². The number of carbonyl (C=O) groups excluding carboxylic acids is 1. The molecular weight excluding hydrogens is 328 g/mol. The third kappa shape index (κ3) is 4.73. The number of amides is 1. The molecule has 0 fully saturated rings. The first-order valence-electron chi connectivity index (χ1n) is 7.30. The van der Waals surface area contributed by atoms with Gasteiger partial charge in [0, 0.05) is 17.9 Å². The molecule has 0 bridgehead atoms. The van der Waals surface area contributed by atoms with Crippen molar-refractivity contribution in [2.75, 3.05) is 12.4 Å². The van der Waals surface area contributed by atoms with Gasteiger partial charge in [0.2, 0.25) is 5.91 Å². The molecule has 0 radical (unpaired) electrons. The van der Waals surface area contributed by atoms with Crippen molar-refractivity contribution < 1.29 is 14.5 Å². The molecule has 0 heterocycles. The van der Waals surface area contributed by atoms with Gasteiger partial charge in [-0.25, -0.2) is 0 Å². The van der Waals surface area contributed by atoms with E-state index in [1.54, 1.807) is 6.92 Å². The van der Waals surface area contributed by atoms with Crippen LogP contribution in [-0.4, -0.2) is 23.2 Å². The summed E-state index contributed by atoms with van der Waals surface area (Å²) in [7, 11) is 1.45. The molecule has 0 aliphatic carbocycles. The Bertz CT molecular complexity index is 722. The van der Waals surface area contributed by atoms with Gasteiger partial charge in [0.15, 0.2) is 0 Å². The highest BCUT2D eigenvalue weighted by atomic mass is 32.2. The predicted octanol–water partition coefficient (Wildman–Crippen LogP) is 3.86. The lowest BCUT2D eigenvalue weighted by molar-refractivity contribution is -0.384. The van der Waals surface area contributed by atoms with Crippen molar-refractivity contribution in [1.29, 1.82) is 0 Å². The van der Waals surface area contributed by atoms with E-state index in [0.29, 0.717) is 17.2 Å². The van der Waals surface area contributed by atoms with E-state index in [9.17, 15) is 14.9 Å². The number of ether oxygens (including phenoxy) is 1. The Kier molecular flexibility index (Phi) is 6.20. The third-order valence-corrected chi connectivity index (χ3v) is 4.58. The summed E-state index contributed by atoms with van der Waals surface area (Å²) in [5.74, 6) is 0.866. The second-order valence-corrected chi connectivity index (χ2v) is 6.40. The van der Waals surface area contributed by atoms with Gasteiger partial charge in [-0.2, -0.15) is 0 Å². The number of hydrogen-bond donors (Lipinski definition) is 1. The Morgan fingerprint density at radius 2 is 2.00 bits per heavy atom. The highest BCUT2D eigenvalue weighted by Crippen LogP contribution is 2.29. The van der Waals surface area contributed by atoms with E-state index >= 15 is 0 Å².